The average molecular weight is 426 g/mol. The molecule has 1 heterocycles. The Morgan fingerprint density at radius 2 is 1.81 bits per heavy atom. The van der Waals surface area contributed by atoms with Crippen LogP contribution in [0.4, 0.5) is 24.7 Å². The molecule has 0 spiro atoms. The van der Waals surface area contributed by atoms with E-state index >= 15 is 0 Å². The Bertz CT molecular complexity index is 662. The van der Waals surface area contributed by atoms with E-state index in [1.807, 2.05) is 13.0 Å². The van der Waals surface area contributed by atoms with Crippen LogP contribution in [0.3, 0.4) is 0 Å². The number of hydrogen-bond acceptors (Lipinski definition) is 3. The number of halogens is 5. The van der Waals surface area contributed by atoms with Gasteiger partial charge in [0.15, 0.2) is 0 Å². The Kier molecular flexibility index (Phi) is 4.77. The van der Waals surface area contributed by atoms with E-state index in [0.29, 0.717) is 11.5 Å². The number of pyridine rings is 1. The summed E-state index contributed by atoms with van der Waals surface area (Å²) in [5.41, 5.74) is 1.39. The number of nitrogens with zero attached hydrogens (tertiary/aromatic N) is 1. The number of aromatic nitrogens is 1. The Labute approximate surface area is 135 Å². The first-order valence-electron chi connectivity index (χ1n) is 5.70. The number of hydrogen-bond donors (Lipinski definition) is 1. The van der Waals surface area contributed by atoms with Crippen LogP contribution in [0.15, 0.2) is 39.3 Å². The van der Waals surface area contributed by atoms with E-state index in [0.717, 1.165) is 10.2 Å². The van der Waals surface area contributed by atoms with Gasteiger partial charge in [-0.3, -0.25) is 0 Å². The Hall–Kier alpha value is -1.28. The SMILES string of the molecule is Cc1nc(Nc2ccc(OC(F)(F)F)c(Br)c2)ccc1Br. The van der Waals surface area contributed by atoms with Gasteiger partial charge in [-0.05, 0) is 69.1 Å². The third kappa shape index (κ3) is 4.60. The van der Waals surface area contributed by atoms with Crippen molar-refractivity contribution >= 4 is 43.4 Å². The summed E-state index contributed by atoms with van der Waals surface area (Å²) in [4.78, 5) is 4.29. The van der Waals surface area contributed by atoms with E-state index in [1.54, 1.807) is 6.07 Å². The first kappa shape index (κ1) is 16.1. The lowest BCUT2D eigenvalue weighted by molar-refractivity contribution is -0.274. The van der Waals surface area contributed by atoms with Gasteiger partial charge >= 0.3 is 6.36 Å². The van der Waals surface area contributed by atoms with Crippen LogP contribution in [0.5, 0.6) is 5.75 Å². The quantitative estimate of drug-likeness (QED) is 0.699. The molecule has 21 heavy (non-hydrogen) atoms. The fourth-order valence-corrected chi connectivity index (χ4v) is 2.23. The third-order valence-electron chi connectivity index (χ3n) is 2.45. The highest BCUT2D eigenvalue weighted by molar-refractivity contribution is 9.10. The summed E-state index contributed by atoms with van der Waals surface area (Å²) in [6.07, 6.45) is -4.72. The summed E-state index contributed by atoms with van der Waals surface area (Å²) in [7, 11) is 0. The molecule has 3 nitrogen and oxygen atoms in total. The highest BCUT2D eigenvalue weighted by Crippen LogP contribution is 2.33. The summed E-state index contributed by atoms with van der Waals surface area (Å²) in [5, 5.41) is 3.00. The molecule has 0 aliphatic rings. The van der Waals surface area contributed by atoms with Crippen LogP contribution >= 0.6 is 31.9 Å². The molecule has 1 N–H and O–H groups in total. The van der Waals surface area contributed by atoms with Crippen LogP contribution < -0.4 is 10.1 Å². The molecule has 2 aromatic rings. The second-order valence-corrected chi connectivity index (χ2v) is 5.79. The number of nitrogens with one attached hydrogen (secondary N) is 1. The van der Waals surface area contributed by atoms with Crippen molar-refractivity contribution in [1.82, 2.24) is 4.98 Å². The molecule has 0 bridgehead atoms. The monoisotopic (exact) mass is 424 g/mol. The lowest BCUT2D eigenvalue weighted by Crippen LogP contribution is -2.17. The van der Waals surface area contributed by atoms with Crippen LogP contribution in [0, 0.1) is 6.92 Å². The van der Waals surface area contributed by atoms with Gasteiger partial charge < -0.3 is 10.1 Å². The Morgan fingerprint density at radius 3 is 2.38 bits per heavy atom. The van der Waals surface area contributed by atoms with Crippen LogP contribution in [0.2, 0.25) is 0 Å². The predicted molar refractivity (Wildman–Crippen MR) is 80.8 cm³/mol. The van der Waals surface area contributed by atoms with Gasteiger partial charge in [-0.25, -0.2) is 4.98 Å². The van der Waals surface area contributed by atoms with Crippen molar-refractivity contribution in [2.45, 2.75) is 13.3 Å². The zero-order chi connectivity index (χ0) is 15.6. The van der Waals surface area contributed by atoms with Crippen LogP contribution in [0.25, 0.3) is 0 Å². The van der Waals surface area contributed by atoms with E-state index in [9.17, 15) is 13.2 Å². The minimum atomic E-state index is -4.72. The topological polar surface area (TPSA) is 34.2 Å². The normalized spacial score (nSPS) is 11.3. The molecule has 0 radical (unpaired) electrons. The van der Waals surface area contributed by atoms with E-state index < -0.39 is 6.36 Å². The highest BCUT2D eigenvalue weighted by Gasteiger charge is 2.31. The molecule has 0 saturated carbocycles. The largest absolute Gasteiger partial charge is 0.573 e. The predicted octanol–water partition coefficient (Wildman–Crippen LogP) is 5.56. The van der Waals surface area contributed by atoms with E-state index in [1.165, 1.54) is 18.2 Å². The molecule has 8 heteroatoms. The number of benzene rings is 1. The molecule has 1 aromatic carbocycles. The van der Waals surface area contributed by atoms with Crippen molar-refractivity contribution in [2.75, 3.05) is 5.32 Å². The molecular formula is C13H9Br2F3N2O. The van der Waals surface area contributed by atoms with Crippen LogP contribution in [0.1, 0.15) is 5.69 Å². The molecule has 0 aliphatic carbocycles. The molecule has 0 fully saturated rings. The first-order valence-corrected chi connectivity index (χ1v) is 7.29. The molecule has 1 aromatic heterocycles. The van der Waals surface area contributed by atoms with E-state index in [2.05, 4.69) is 46.9 Å². The summed E-state index contributed by atoms with van der Waals surface area (Å²) in [5.74, 6) is 0.292. The molecule has 0 aliphatic heterocycles. The van der Waals surface area contributed by atoms with Crippen molar-refractivity contribution < 1.29 is 17.9 Å². The molecule has 0 saturated heterocycles. The smallest absolute Gasteiger partial charge is 0.405 e. The fraction of sp³-hybridized carbons (Fsp3) is 0.154. The number of anilines is 2. The lowest BCUT2D eigenvalue weighted by Gasteiger charge is -2.12. The molecule has 2 rings (SSSR count). The fourth-order valence-electron chi connectivity index (χ4n) is 1.55. The highest BCUT2D eigenvalue weighted by atomic mass is 79.9. The zero-order valence-corrected chi connectivity index (χ0v) is 13.8. The van der Waals surface area contributed by atoms with Crippen molar-refractivity contribution in [3.05, 3.63) is 45.0 Å². The molecule has 0 atom stereocenters. The number of ether oxygens (including phenoxy) is 1. The van der Waals surface area contributed by atoms with E-state index in [-0.39, 0.29) is 10.2 Å². The summed E-state index contributed by atoms with van der Waals surface area (Å²) >= 11 is 6.39. The minimum Gasteiger partial charge on any atom is -0.405 e. The van der Waals surface area contributed by atoms with Gasteiger partial charge in [0.05, 0.1) is 10.2 Å². The van der Waals surface area contributed by atoms with Gasteiger partial charge in [-0.2, -0.15) is 0 Å². The second kappa shape index (κ2) is 6.23. The maximum Gasteiger partial charge on any atom is 0.573 e. The van der Waals surface area contributed by atoms with Gasteiger partial charge in [0.25, 0.3) is 0 Å². The van der Waals surface area contributed by atoms with Gasteiger partial charge in [0.2, 0.25) is 0 Å². The maximum atomic E-state index is 12.2. The number of rotatable bonds is 3. The Balaban J connectivity index is 2.18. The van der Waals surface area contributed by atoms with Crippen LogP contribution in [-0.4, -0.2) is 11.3 Å². The molecular weight excluding hydrogens is 417 g/mol. The van der Waals surface area contributed by atoms with Gasteiger partial charge in [0.1, 0.15) is 11.6 Å². The van der Waals surface area contributed by atoms with Crippen molar-refractivity contribution in [2.24, 2.45) is 0 Å². The molecule has 0 amide bonds. The minimum absolute atomic E-state index is 0.193. The zero-order valence-electron chi connectivity index (χ0n) is 10.6. The van der Waals surface area contributed by atoms with Gasteiger partial charge in [-0.1, -0.05) is 0 Å². The second-order valence-electron chi connectivity index (χ2n) is 4.08. The summed E-state index contributed by atoms with van der Waals surface area (Å²) in [6.45, 7) is 1.84. The van der Waals surface area contributed by atoms with Gasteiger partial charge in [0, 0.05) is 10.2 Å². The van der Waals surface area contributed by atoms with Crippen LogP contribution in [-0.2, 0) is 0 Å². The van der Waals surface area contributed by atoms with Crippen molar-refractivity contribution in [3.63, 3.8) is 0 Å². The average Bonchev–Trinajstić information content (AvgIpc) is 2.36. The van der Waals surface area contributed by atoms with E-state index in [4.69, 9.17) is 0 Å². The maximum absolute atomic E-state index is 12.2. The summed E-state index contributed by atoms with van der Waals surface area (Å²) < 4.78 is 41.5. The van der Waals surface area contributed by atoms with Gasteiger partial charge in [-0.15, -0.1) is 13.2 Å². The van der Waals surface area contributed by atoms with Crippen molar-refractivity contribution in [1.29, 1.82) is 0 Å². The number of alkyl halides is 3. The summed E-state index contributed by atoms with van der Waals surface area (Å²) in [6, 6.07) is 7.78. The first-order chi connectivity index (χ1) is 9.74. The molecule has 0 unspecified atom stereocenters. The Morgan fingerprint density at radius 1 is 1.10 bits per heavy atom. The lowest BCUT2D eigenvalue weighted by atomic mass is 10.3. The third-order valence-corrected chi connectivity index (χ3v) is 3.91. The standard InChI is InChI=1S/C13H9Br2F3N2O/c1-7-9(14)3-5-12(19-7)20-8-2-4-11(10(15)6-8)21-13(16,17)18/h2-6H,1H3,(H,19,20). The van der Waals surface area contributed by atoms with Crippen molar-refractivity contribution in [3.8, 4) is 5.75 Å². The molecule has 112 valence electrons. The number of aryl methyl sites for hydroxylation is 1.